The van der Waals surface area contributed by atoms with Crippen molar-refractivity contribution in [2.75, 3.05) is 39.6 Å². The summed E-state index contributed by atoms with van der Waals surface area (Å²) in [7, 11) is -9.91. The summed E-state index contributed by atoms with van der Waals surface area (Å²) >= 11 is 0. The Morgan fingerprint density at radius 2 is 0.495 bits per heavy atom. The summed E-state index contributed by atoms with van der Waals surface area (Å²) in [6, 6.07) is 0. The SMILES string of the molecule is CCC(C)CCCCCCCCCCC(=O)O[C@H](COC(=O)CCCCCCCCCCCCCCC(C)C)COP(=O)(O)OCC(O)COP(=O)(O)OC[C@@H](COC(=O)CCCCCCCCC(C)C)OC(=O)CCCCCCCCCCCCCCCCCCCCC(C)C. The van der Waals surface area contributed by atoms with Gasteiger partial charge in [0.2, 0.25) is 0 Å². The van der Waals surface area contributed by atoms with E-state index in [-0.39, 0.29) is 25.7 Å². The number of phosphoric ester groups is 2. The number of rotatable bonds is 75. The molecule has 0 bridgehead atoms. The van der Waals surface area contributed by atoms with E-state index in [1.165, 1.54) is 193 Å². The van der Waals surface area contributed by atoms with E-state index < -0.39 is 97.5 Å². The van der Waals surface area contributed by atoms with Gasteiger partial charge in [-0.2, -0.15) is 0 Å². The van der Waals surface area contributed by atoms with Crippen LogP contribution in [0.4, 0.5) is 0 Å². The van der Waals surface area contributed by atoms with E-state index in [0.29, 0.717) is 31.6 Å². The summed E-state index contributed by atoms with van der Waals surface area (Å²) < 4.78 is 68.5. The first-order valence-electron chi connectivity index (χ1n) is 40.2. The Morgan fingerprint density at radius 3 is 0.732 bits per heavy atom. The van der Waals surface area contributed by atoms with Crippen molar-refractivity contribution >= 4 is 39.5 Å². The molecular formula is C78H152O17P2. The van der Waals surface area contributed by atoms with Gasteiger partial charge in [0.1, 0.15) is 19.3 Å². The van der Waals surface area contributed by atoms with Gasteiger partial charge in [-0.1, -0.05) is 344 Å². The van der Waals surface area contributed by atoms with Crippen molar-refractivity contribution in [1.82, 2.24) is 0 Å². The molecule has 0 aliphatic rings. The zero-order chi connectivity index (χ0) is 71.7. The highest BCUT2D eigenvalue weighted by Crippen LogP contribution is 2.45. The van der Waals surface area contributed by atoms with Gasteiger partial charge in [0.05, 0.1) is 26.4 Å². The van der Waals surface area contributed by atoms with E-state index in [2.05, 4.69) is 55.4 Å². The molecule has 0 fully saturated rings. The molecular weight excluding hydrogens is 1270 g/mol. The third-order valence-electron chi connectivity index (χ3n) is 18.4. The minimum absolute atomic E-state index is 0.105. The lowest BCUT2D eigenvalue weighted by atomic mass is 9.99. The van der Waals surface area contributed by atoms with E-state index in [0.717, 1.165) is 114 Å². The third kappa shape index (κ3) is 70.9. The van der Waals surface area contributed by atoms with Gasteiger partial charge in [-0.25, -0.2) is 9.13 Å². The molecule has 4 unspecified atom stereocenters. The fourth-order valence-electron chi connectivity index (χ4n) is 11.9. The number of carbonyl (C=O) groups is 4. The largest absolute Gasteiger partial charge is 0.472 e. The van der Waals surface area contributed by atoms with Crippen molar-refractivity contribution in [2.45, 2.75) is 414 Å². The number of esters is 4. The van der Waals surface area contributed by atoms with Crippen LogP contribution in [0.3, 0.4) is 0 Å². The molecule has 17 nitrogen and oxygen atoms in total. The van der Waals surface area contributed by atoms with Crippen LogP contribution in [0, 0.1) is 23.7 Å². The fourth-order valence-corrected chi connectivity index (χ4v) is 13.5. The molecule has 97 heavy (non-hydrogen) atoms. The van der Waals surface area contributed by atoms with Crippen LogP contribution in [0.5, 0.6) is 0 Å². The first-order valence-corrected chi connectivity index (χ1v) is 43.2. The maximum absolute atomic E-state index is 13.1. The average molecular weight is 1420 g/mol. The lowest BCUT2D eigenvalue weighted by molar-refractivity contribution is -0.161. The second kappa shape index (κ2) is 67.2. The van der Waals surface area contributed by atoms with Crippen LogP contribution < -0.4 is 0 Å². The van der Waals surface area contributed by atoms with Crippen LogP contribution in [0.1, 0.15) is 396 Å². The Morgan fingerprint density at radius 1 is 0.289 bits per heavy atom. The van der Waals surface area contributed by atoms with Gasteiger partial charge in [0.25, 0.3) is 0 Å². The second-order valence-electron chi connectivity index (χ2n) is 29.8. The molecule has 0 radical (unpaired) electrons. The Bertz CT molecular complexity index is 1900. The van der Waals surface area contributed by atoms with Gasteiger partial charge in [-0.05, 0) is 49.4 Å². The summed E-state index contributed by atoms with van der Waals surface area (Å²) in [5, 5.41) is 10.6. The highest BCUT2D eigenvalue weighted by Gasteiger charge is 2.30. The molecule has 19 heteroatoms. The highest BCUT2D eigenvalue weighted by molar-refractivity contribution is 7.47. The van der Waals surface area contributed by atoms with Crippen molar-refractivity contribution in [2.24, 2.45) is 23.7 Å². The highest BCUT2D eigenvalue weighted by atomic mass is 31.2. The lowest BCUT2D eigenvalue weighted by Crippen LogP contribution is -2.30. The number of ether oxygens (including phenoxy) is 4. The molecule has 0 amide bonds. The number of hydrogen-bond donors (Lipinski definition) is 3. The smallest absolute Gasteiger partial charge is 0.462 e. The number of carbonyl (C=O) groups excluding carboxylic acids is 4. The van der Waals surface area contributed by atoms with Crippen LogP contribution >= 0.6 is 15.6 Å². The average Bonchev–Trinajstić information content (AvgIpc) is 1.04. The molecule has 6 atom stereocenters. The summed E-state index contributed by atoms with van der Waals surface area (Å²) in [6.07, 6.45) is 52.9. The Kier molecular flexibility index (Phi) is 65.9. The van der Waals surface area contributed by atoms with E-state index in [4.69, 9.17) is 37.0 Å². The predicted octanol–water partition coefficient (Wildman–Crippen LogP) is 22.8. The molecule has 0 saturated carbocycles. The van der Waals surface area contributed by atoms with Crippen molar-refractivity contribution in [3.8, 4) is 0 Å². The van der Waals surface area contributed by atoms with E-state index in [1.54, 1.807) is 0 Å². The number of hydrogen-bond acceptors (Lipinski definition) is 15. The Balaban J connectivity index is 5.17. The maximum atomic E-state index is 13.1. The molecule has 0 spiro atoms. The van der Waals surface area contributed by atoms with Gasteiger partial charge in [-0.3, -0.25) is 37.3 Å². The van der Waals surface area contributed by atoms with Crippen LogP contribution in [0.25, 0.3) is 0 Å². The number of aliphatic hydroxyl groups is 1. The van der Waals surface area contributed by atoms with Crippen LogP contribution in [-0.4, -0.2) is 96.7 Å². The standard InChI is InChI=1S/C78H152O17P2/c1-9-71(8)57-49-41-32-28-29-35-45-53-61-78(83)95-73(64-88-75(80)58-50-42-33-26-22-19-18-21-25-31-39-47-55-69(4)5)66-92-96(84,85)90-62-72(79)63-91-97(86,87)93-67-74(65-89-76(81)59-51-43-37-36-40-48-56-70(6)7)94-77(82)60-52-44-34-27-23-17-15-13-11-10-12-14-16-20-24-30-38-46-54-68(2)3/h68-74,79H,9-67H2,1-8H3,(H,84,85)(H,86,87)/t71?,72?,73-,74-/m1/s1. The monoisotopic (exact) mass is 1420 g/mol. The van der Waals surface area contributed by atoms with Gasteiger partial charge in [0, 0.05) is 25.7 Å². The van der Waals surface area contributed by atoms with E-state index in [9.17, 15) is 43.2 Å². The van der Waals surface area contributed by atoms with Crippen molar-refractivity contribution < 1.29 is 80.2 Å². The number of aliphatic hydroxyl groups excluding tert-OH is 1. The van der Waals surface area contributed by atoms with Crippen LogP contribution in [-0.2, 0) is 65.4 Å². The van der Waals surface area contributed by atoms with Crippen molar-refractivity contribution in [3.05, 3.63) is 0 Å². The third-order valence-corrected chi connectivity index (χ3v) is 20.3. The summed E-state index contributed by atoms with van der Waals surface area (Å²) in [5.41, 5.74) is 0. The first-order chi connectivity index (χ1) is 46.6. The summed E-state index contributed by atoms with van der Waals surface area (Å²) in [5.74, 6) is 0.929. The minimum Gasteiger partial charge on any atom is -0.462 e. The van der Waals surface area contributed by atoms with Crippen LogP contribution in [0.2, 0.25) is 0 Å². The molecule has 0 aliphatic carbocycles. The molecule has 0 aromatic rings. The maximum Gasteiger partial charge on any atom is 0.472 e. The zero-order valence-corrected chi connectivity index (χ0v) is 65.5. The number of phosphoric acid groups is 2. The molecule has 0 saturated heterocycles. The number of unbranched alkanes of at least 4 members (excludes halogenated alkanes) is 40. The minimum atomic E-state index is -4.96. The Hall–Kier alpha value is -1.94. The molecule has 0 aromatic carbocycles. The summed E-state index contributed by atoms with van der Waals surface area (Å²) in [6.45, 7) is 14.2. The zero-order valence-electron chi connectivity index (χ0n) is 63.7. The van der Waals surface area contributed by atoms with Crippen molar-refractivity contribution in [3.63, 3.8) is 0 Å². The fraction of sp³-hybridized carbons (Fsp3) is 0.949. The van der Waals surface area contributed by atoms with Crippen LogP contribution in [0.15, 0.2) is 0 Å². The van der Waals surface area contributed by atoms with Gasteiger partial charge in [-0.15, -0.1) is 0 Å². The quantitative estimate of drug-likeness (QED) is 0.0222. The van der Waals surface area contributed by atoms with E-state index >= 15 is 0 Å². The Labute approximate surface area is 594 Å². The molecule has 0 rings (SSSR count). The molecule has 576 valence electrons. The molecule has 0 aromatic heterocycles. The normalized spacial score (nSPS) is 14.4. The summed E-state index contributed by atoms with van der Waals surface area (Å²) in [4.78, 5) is 72.8. The van der Waals surface area contributed by atoms with E-state index in [1.807, 2.05) is 0 Å². The van der Waals surface area contributed by atoms with Gasteiger partial charge in [0.15, 0.2) is 12.2 Å². The predicted molar refractivity (Wildman–Crippen MR) is 395 cm³/mol. The molecule has 0 aliphatic heterocycles. The lowest BCUT2D eigenvalue weighted by Gasteiger charge is -2.21. The topological polar surface area (TPSA) is 237 Å². The second-order valence-corrected chi connectivity index (χ2v) is 32.7. The molecule has 3 N–H and O–H groups in total. The van der Waals surface area contributed by atoms with Crippen molar-refractivity contribution in [1.29, 1.82) is 0 Å². The van der Waals surface area contributed by atoms with Gasteiger partial charge < -0.3 is 33.8 Å². The van der Waals surface area contributed by atoms with Gasteiger partial charge >= 0.3 is 39.5 Å². The molecule has 0 heterocycles. The first kappa shape index (κ1) is 95.1.